The second-order valence-electron chi connectivity index (χ2n) is 8.60. The Morgan fingerprint density at radius 1 is 0.871 bits per heavy atom. The first-order valence-corrected chi connectivity index (χ1v) is 12.7. The van der Waals surface area contributed by atoms with Crippen LogP contribution in [-0.2, 0) is 10.0 Å². The van der Waals surface area contributed by atoms with Crippen molar-refractivity contribution in [2.45, 2.75) is 61.9 Å². The van der Waals surface area contributed by atoms with Gasteiger partial charge in [0.25, 0.3) is 15.9 Å². The number of likely N-dealkylation sites (tertiary alicyclic amines) is 1. The van der Waals surface area contributed by atoms with Crippen LogP contribution in [0.1, 0.15) is 55.3 Å². The van der Waals surface area contributed by atoms with Gasteiger partial charge in [0, 0.05) is 36.4 Å². The van der Waals surface area contributed by atoms with Gasteiger partial charge in [-0.2, -0.15) is 0 Å². The van der Waals surface area contributed by atoms with Gasteiger partial charge < -0.3 is 5.32 Å². The molecule has 0 radical (unpaired) electrons. The minimum absolute atomic E-state index is 0.133. The van der Waals surface area contributed by atoms with Gasteiger partial charge in [0.1, 0.15) is 0 Å². The molecule has 2 aliphatic rings. The lowest BCUT2D eigenvalue weighted by Gasteiger charge is -2.26. The van der Waals surface area contributed by atoms with E-state index in [1.54, 1.807) is 36.4 Å². The van der Waals surface area contributed by atoms with Gasteiger partial charge in [-0.05, 0) is 55.7 Å². The van der Waals surface area contributed by atoms with Gasteiger partial charge in [-0.3, -0.25) is 14.4 Å². The lowest BCUT2D eigenvalue weighted by atomic mass is 10.1. The standard InChI is InChI=1S/C24H31N3O3S/c28-24(25-21-16-17-27(18-21)22-10-6-1-2-7-11-22)19-12-14-23(15-13-19)31(29,30)26-20-8-4-3-5-9-20/h3-5,8-9,12-15,21-22,26H,1-2,6-7,10-11,16-18H2,(H,25,28). The van der Waals surface area contributed by atoms with Crippen molar-refractivity contribution in [1.29, 1.82) is 0 Å². The Morgan fingerprint density at radius 3 is 2.23 bits per heavy atom. The molecule has 1 saturated heterocycles. The molecule has 1 saturated carbocycles. The molecule has 2 aromatic carbocycles. The highest BCUT2D eigenvalue weighted by molar-refractivity contribution is 7.92. The second kappa shape index (κ2) is 9.83. The van der Waals surface area contributed by atoms with E-state index >= 15 is 0 Å². The predicted octanol–water partition coefficient (Wildman–Crippen LogP) is 4.01. The summed E-state index contributed by atoms with van der Waals surface area (Å²) in [6, 6.07) is 15.7. The maximum absolute atomic E-state index is 12.7. The fourth-order valence-electron chi connectivity index (χ4n) is 4.63. The van der Waals surface area contributed by atoms with Gasteiger partial charge in [0.05, 0.1) is 4.90 Å². The molecule has 4 rings (SSSR count). The van der Waals surface area contributed by atoms with Crippen LogP contribution in [0, 0.1) is 0 Å². The van der Waals surface area contributed by atoms with E-state index in [4.69, 9.17) is 0 Å². The van der Waals surface area contributed by atoms with Crippen LogP contribution in [0.5, 0.6) is 0 Å². The third-order valence-corrected chi connectivity index (χ3v) is 7.75. The number of nitrogens with zero attached hydrogens (tertiary/aromatic N) is 1. The number of para-hydroxylation sites is 1. The predicted molar refractivity (Wildman–Crippen MR) is 123 cm³/mol. The molecular formula is C24H31N3O3S. The van der Waals surface area contributed by atoms with E-state index in [0.29, 0.717) is 17.3 Å². The van der Waals surface area contributed by atoms with Crippen molar-refractivity contribution >= 4 is 21.6 Å². The van der Waals surface area contributed by atoms with Crippen LogP contribution in [0.15, 0.2) is 59.5 Å². The van der Waals surface area contributed by atoms with E-state index in [1.807, 2.05) is 6.07 Å². The molecule has 1 amide bonds. The Labute approximate surface area is 185 Å². The fourth-order valence-corrected chi connectivity index (χ4v) is 5.69. The van der Waals surface area contributed by atoms with Crippen molar-refractivity contribution in [2.24, 2.45) is 0 Å². The molecule has 31 heavy (non-hydrogen) atoms. The van der Waals surface area contributed by atoms with Crippen LogP contribution in [0.4, 0.5) is 5.69 Å². The lowest BCUT2D eigenvalue weighted by molar-refractivity contribution is 0.0935. The molecule has 2 aromatic rings. The van der Waals surface area contributed by atoms with Crippen molar-refractivity contribution in [3.05, 3.63) is 60.2 Å². The monoisotopic (exact) mass is 441 g/mol. The van der Waals surface area contributed by atoms with Crippen LogP contribution in [0.25, 0.3) is 0 Å². The SMILES string of the molecule is O=C(NC1CCN(C2CCCCCC2)C1)c1ccc(S(=O)(=O)Nc2ccccc2)cc1. The van der Waals surface area contributed by atoms with E-state index in [0.717, 1.165) is 19.5 Å². The zero-order valence-corrected chi connectivity index (χ0v) is 18.6. The summed E-state index contributed by atoms with van der Waals surface area (Å²) in [5.74, 6) is -0.146. The summed E-state index contributed by atoms with van der Waals surface area (Å²) in [7, 11) is -3.69. The molecular weight excluding hydrogens is 410 g/mol. The number of carbonyl (C=O) groups excluding carboxylic acids is 1. The van der Waals surface area contributed by atoms with Crippen molar-refractivity contribution < 1.29 is 13.2 Å². The third kappa shape index (κ3) is 5.66. The topological polar surface area (TPSA) is 78.5 Å². The Bertz CT molecular complexity index is 969. The maximum atomic E-state index is 12.7. The van der Waals surface area contributed by atoms with Crippen molar-refractivity contribution in [2.75, 3.05) is 17.8 Å². The molecule has 2 fully saturated rings. The van der Waals surface area contributed by atoms with Crippen molar-refractivity contribution in [1.82, 2.24) is 10.2 Å². The molecule has 0 spiro atoms. The van der Waals surface area contributed by atoms with Gasteiger partial charge in [-0.1, -0.05) is 43.9 Å². The molecule has 1 aliphatic carbocycles. The molecule has 1 heterocycles. The normalized spacial score (nSPS) is 20.8. The van der Waals surface area contributed by atoms with Crippen LogP contribution < -0.4 is 10.0 Å². The van der Waals surface area contributed by atoms with E-state index in [9.17, 15) is 13.2 Å². The lowest BCUT2D eigenvalue weighted by Crippen LogP contribution is -2.39. The average Bonchev–Trinajstić information content (AvgIpc) is 3.06. The Kier molecular flexibility index (Phi) is 6.92. The first-order chi connectivity index (χ1) is 15.0. The summed E-state index contributed by atoms with van der Waals surface area (Å²) in [6.45, 7) is 1.95. The Morgan fingerprint density at radius 2 is 1.55 bits per heavy atom. The van der Waals surface area contributed by atoms with Gasteiger partial charge in [-0.15, -0.1) is 0 Å². The molecule has 0 bridgehead atoms. The zero-order valence-electron chi connectivity index (χ0n) is 17.8. The van der Waals surface area contributed by atoms with Crippen LogP contribution in [0.3, 0.4) is 0 Å². The molecule has 1 atom stereocenters. The van der Waals surface area contributed by atoms with Crippen LogP contribution in [-0.4, -0.2) is 44.4 Å². The quantitative estimate of drug-likeness (QED) is 0.664. The van der Waals surface area contributed by atoms with Gasteiger partial charge >= 0.3 is 0 Å². The first kappa shape index (κ1) is 21.8. The zero-order chi connectivity index (χ0) is 21.7. The second-order valence-corrected chi connectivity index (χ2v) is 10.3. The van der Waals surface area contributed by atoms with E-state index in [-0.39, 0.29) is 16.8 Å². The number of sulfonamides is 1. The number of nitrogens with one attached hydrogen (secondary N) is 2. The number of rotatable bonds is 6. The van der Waals surface area contributed by atoms with Crippen molar-refractivity contribution in [3.8, 4) is 0 Å². The highest BCUT2D eigenvalue weighted by Crippen LogP contribution is 2.25. The molecule has 7 heteroatoms. The fraction of sp³-hybridized carbons (Fsp3) is 0.458. The minimum atomic E-state index is -3.69. The average molecular weight is 442 g/mol. The molecule has 2 N–H and O–H groups in total. The summed E-state index contributed by atoms with van der Waals surface area (Å²) in [4.78, 5) is 15.4. The van der Waals surface area contributed by atoms with Gasteiger partial charge in [0.2, 0.25) is 0 Å². The van der Waals surface area contributed by atoms with E-state index in [1.165, 1.54) is 50.7 Å². The number of amides is 1. The summed E-state index contributed by atoms with van der Waals surface area (Å²) < 4.78 is 27.7. The molecule has 1 unspecified atom stereocenters. The number of anilines is 1. The molecule has 1 aliphatic heterocycles. The number of hydrogen-bond acceptors (Lipinski definition) is 4. The maximum Gasteiger partial charge on any atom is 0.261 e. The van der Waals surface area contributed by atoms with Crippen LogP contribution >= 0.6 is 0 Å². The molecule has 0 aromatic heterocycles. The van der Waals surface area contributed by atoms with Crippen LogP contribution in [0.2, 0.25) is 0 Å². The first-order valence-electron chi connectivity index (χ1n) is 11.2. The van der Waals surface area contributed by atoms with Gasteiger partial charge in [0.15, 0.2) is 0 Å². The van der Waals surface area contributed by atoms with Crippen molar-refractivity contribution in [3.63, 3.8) is 0 Å². The van der Waals surface area contributed by atoms with E-state index in [2.05, 4.69) is 14.9 Å². The molecule has 166 valence electrons. The minimum Gasteiger partial charge on any atom is -0.348 e. The van der Waals surface area contributed by atoms with Gasteiger partial charge in [-0.25, -0.2) is 8.42 Å². The Balaban J connectivity index is 1.33. The van der Waals surface area contributed by atoms with E-state index < -0.39 is 10.0 Å². The Hall–Kier alpha value is -2.38. The molecule has 6 nitrogen and oxygen atoms in total. The summed E-state index contributed by atoms with van der Waals surface area (Å²) >= 11 is 0. The summed E-state index contributed by atoms with van der Waals surface area (Å²) in [5, 5.41) is 3.13. The summed E-state index contributed by atoms with van der Waals surface area (Å²) in [6.07, 6.45) is 8.82. The highest BCUT2D eigenvalue weighted by atomic mass is 32.2. The largest absolute Gasteiger partial charge is 0.348 e. The number of carbonyl (C=O) groups is 1. The summed E-state index contributed by atoms with van der Waals surface area (Å²) in [5.41, 5.74) is 0.982. The third-order valence-electron chi connectivity index (χ3n) is 6.35. The highest BCUT2D eigenvalue weighted by Gasteiger charge is 2.29. The smallest absolute Gasteiger partial charge is 0.261 e. The number of hydrogen-bond donors (Lipinski definition) is 2. The number of benzene rings is 2.